The molecule has 3 aromatic rings. The van der Waals surface area contributed by atoms with Gasteiger partial charge in [0, 0.05) is 36.5 Å². The number of thiophene rings is 1. The second kappa shape index (κ2) is 9.04. The van der Waals surface area contributed by atoms with Crippen LogP contribution in [0.3, 0.4) is 0 Å². The molecule has 0 aliphatic carbocycles. The van der Waals surface area contributed by atoms with Gasteiger partial charge in [0.15, 0.2) is 0 Å². The van der Waals surface area contributed by atoms with Gasteiger partial charge >= 0.3 is 0 Å². The molecule has 0 bridgehead atoms. The number of hydrogen-bond donors (Lipinski definition) is 1. The topological polar surface area (TPSA) is 105 Å². The first-order chi connectivity index (χ1) is 15.3. The third-order valence-electron chi connectivity index (χ3n) is 5.14. The highest BCUT2D eigenvalue weighted by Crippen LogP contribution is 2.31. The van der Waals surface area contributed by atoms with E-state index in [1.807, 2.05) is 6.92 Å². The third-order valence-corrected chi connectivity index (χ3v) is 8.42. The van der Waals surface area contributed by atoms with Crippen LogP contribution in [0.25, 0.3) is 11.4 Å². The number of anilines is 1. The average Bonchev–Trinajstić information content (AvgIpc) is 3.46. The van der Waals surface area contributed by atoms with Crippen LogP contribution >= 0.6 is 11.3 Å². The number of aryl methyl sites for hydroxylation is 1. The van der Waals surface area contributed by atoms with Crippen molar-refractivity contribution >= 4 is 33.0 Å². The van der Waals surface area contributed by atoms with E-state index < -0.39 is 33.5 Å². The maximum Gasteiger partial charge on any atom is 0.252 e. The van der Waals surface area contributed by atoms with E-state index in [-0.39, 0.29) is 23.0 Å². The van der Waals surface area contributed by atoms with E-state index in [0.29, 0.717) is 36.5 Å². The van der Waals surface area contributed by atoms with E-state index in [1.165, 1.54) is 10.4 Å². The van der Waals surface area contributed by atoms with Crippen LogP contribution in [0.5, 0.6) is 0 Å². The average molecular weight is 483 g/mol. The summed E-state index contributed by atoms with van der Waals surface area (Å²) in [6.45, 7) is 2.07. The van der Waals surface area contributed by atoms with Crippen molar-refractivity contribution in [2.45, 2.75) is 30.4 Å². The Morgan fingerprint density at radius 3 is 2.91 bits per heavy atom. The zero-order chi connectivity index (χ0) is 22.9. The summed E-state index contributed by atoms with van der Waals surface area (Å²) in [4.78, 5) is 16.8. The Balaban J connectivity index is 1.48. The van der Waals surface area contributed by atoms with E-state index in [9.17, 15) is 22.0 Å². The van der Waals surface area contributed by atoms with Crippen molar-refractivity contribution in [2.24, 2.45) is 5.92 Å². The molecule has 3 heterocycles. The highest BCUT2D eigenvalue weighted by atomic mass is 32.2. The quantitative estimate of drug-likeness (QED) is 0.575. The number of hydrogen-bond acceptors (Lipinski definition) is 7. The van der Waals surface area contributed by atoms with E-state index >= 15 is 0 Å². The first-order valence-corrected chi connectivity index (χ1v) is 12.3. The number of amides is 1. The minimum Gasteiger partial charge on any atom is -0.339 e. The Morgan fingerprint density at radius 1 is 1.34 bits per heavy atom. The molecule has 4 rings (SSSR count). The van der Waals surface area contributed by atoms with Gasteiger partial charge in [0.05, 0.1) is 11.6 Å². The lowest BCUT2D eigenvalue weighted by molar-refractivity contribution is -0.120. The summed E-state index contributed by atoms with van der Waals surface area (Å²) >= 11 is 1.03. The van der Waals surface area contributed by atoms with Gasteiger partial charge in [-0.3, -0.25) is 4.79 Å². The molecule has 1 aromatic carbocycles. The fourth-order valence-corrected chi connectivity index (χ4v) is 6.25. The maximum atomic E-state index is 13.8. The van der Waals surface area contributed by atoms with E-state index in [0.717, 1.165) is 29.5 Å². The Bertz CT molecular complexity index is 1240. The molecule has 1 unspecified atom stereocenters. The van der Waals surface area contributed by atoms with Crippen molar-refractivity contribution in [1.82, 2.24) is 14.4 Å². The molecular formula is C20H20F2N4O4S2. The molecule has 0 saturated carbocycles. The summed E-state index contributed by atoms with van der Waals surface area (Å²) in [6, 6.07) is 4.24. The van der Waals surface area contributed by atoms with Crippen LogP contribution in [-0.2, 0) is 21.2 Å². The molecule has 0 spiro atoms. The molecule has 2 aromatic heterocycles. The summed E-state index contributed by atoms with van der Waals surface area (Å²) in [7, 11) is -3.85. The molecule has 1 aliphatic heterocycles. The fraction of sp³-hybridized carbons (Fsp3) is 0.350. The van der Waals surface area contributed by atoms with E-state index in [1.54, 1.807) is 5.38 Å². The van der Waals surface area contributed by atoms with Crippen LogP contribution in [0.15, 0.2) is 38.4 Å². The molecule has 8 nitrogen and oxygen atoms in total. The number of benzene rings is 1. The van der Waals surface area contributed by atoms with Crippen LogP contribution in [0.2, 0.25) is 0 Å². The van der Waals surface area contributed by atoms with Gasteiger partial charge in [0.2, 0.25) is 17.6 Å². The summed E-state index contributed by atoms with van der Waals surface area (Å²) in [5.74, 6) is -1.93. The summed E-state index contributed by atoms with van der Waals surface area (Å²) in [5.41, 5.74) is 0.259. The number of carbonyl (C=O) groups excluding carboxylic acids is 1. The number of aromatic nitrogens is 2. The second-order valence-corrected chi connectivity index (χ2v) is 10.4. The third kappa shape index (κ3) is 4.57. The molecule has 1 amide bonds. The maximum absolute atomic E-state index is 13.8. The van der Waals surface area contributed by atoms with Gasteiger partial charge in [-0.15, -0.1) is 11.3 Å². The first-order valence-electron chi connectivity index (χ1n) is 9.95. The minimum absolute atomic E-state index is 0.0550. The number of sulfonamides is 1. The molecule has 1 saturated heterocycles. The molecule has 170 valence electrons. The lowest BCUT2D eigenvalue weighted by Gasteiger charge is -2.30. The van der Waals surface area contributed by atoms with Gasteiger partial charge in [-0.25, -0.2) is 17.2 Å². The molecule has 32 heavy (non-hydrogen) atoms. The molecule has 1 fully saturated rings. The molecule has 12 heteroatoms. The van der Waals surface area contributed by atoms with Crippen molar-refractivity contribution in [3.63, 3.8) is 0 Å². The SMILES string of the molecule is CCc1nc(-c2csc(S(=O)(=O)N3CCCC(C(=O)Nc4cc(F)ccc4F)C3)c2)no1. The lowest BCUT2D eigenvalue weighted by Crippen LogP contribution is -2.43. The van der Waals surface area contributed by atoms with Crippen LogP contribution < -0.4 is 5.32 Å². The highest BCUT2D eigenvalue weighted by molar-refractivity contribution is 7.91. The van der Waals surface area contributed by atoms with Gasteiger partial charge < -0.3 is 9.84 Å². The van der Waals surface area contributed by atoms with Crippen LogP contribution in [0.1, 0.15) is 25.7 Å². The Labute approximate surface area is 187 Å². The van der Waals surface area contributed by atoms with Crippen LogP contribution in [-0.4, -0.2) is 41.9 Å². The number of nitrogens with one attached hydrogen (secondary N) is 1. The minimum atomic E-state index is -3.85. The van der Waals surface area contributed by atoms with Gasteiger partial charge in [0.25, 0.3) is 10.0 Å². The second-order valence-electron chi connectivity index (χ2n) is 7.34. The summed E-state index contributed by atoms with van der Waals surface area (Å²) in [6.07, 6.45) is 1.47. The van der Waals surface area contributed by atoms with Crippen LogP contribution in [0, 0.1) is 17.6 Å². The van der Waals surface area contributed by atoms with Crippen molar-refractivity contribution in [3.05, 3.63) is 47.2 Å². The first kappa shape index (κ1) is 22.5. The van der Waals surface area contributed by atoms with Crippen LogP contribution in [0.4, 0.5) is 14.5 Å². The Kier molecular flexibility index (Phi) is 6.35. The monoisotopic (exact) mass is 482 g/mol. The predicted octanol–water partition coefficient (Wildman–Crippen LogP) is 3.68. The largest absolute Gasteiger partial charge is 0.339 e. The summed E-state index contributed by atoms with van der Waals surface area (Å²) < 4.78 is 59.9. The number of piperidine rings is 1. The smallest absolute Gasteiger partial charge is 0.252 e. The van der Waals surface area contributed by atoms with Gasteiger partial charge in [-0.2, -0.15) is 9.29 Å². The number of rotatable bonds is 6. The molecule has 0 radical (unpaired) electrons. The Hall–Kier alpha value is -2.70. The van der Waals surface area contributed by atoms with Crippen molar-refractivity contribution < 1.29 is 26.5 Å². The lowest BCUT2D eigenvalue weighted by atomic mass is 9.98. The number of carbonyl (C=O) groups is 1. The number of nitrogens with zero attached hydrogens (tertiary/aromatic N) is 3. The zero-order valence-electron chi connectivity index (χ0n) is 17.0. The fourth-order valence-electron chi connectivity index (χ4n) is 3.41. The molecule has 1 N–H and O–H groups in total. The zero-order valence-corrected chi connectivity index (χ0v) is 18.7. The summed E-state index contributed by atoms with van der Waals surface area (Å²) in [5, 5.41) is 7.86. The standard InChI is InChI=1S/C20H20F2N4O4S2/c1-2-17-24-19(25-30-17)13-8-18(31-11-13)32(28,29)26-7-3-4-12(10-26)20(27)23-16-9-14(21)5-6-15(16)22/h5-6,8-9,11-12H,2-4,7,10H2,1H3,(H,23,27). The molecule has 1 aliphatic rings. The van der Waals surface area contributed by atoms with Gasteiger partial charge in [0.1, 0.15) is 15.8 Å². The number of halogens is 2. The van der Waals surface area contributed by atoms with Crippen molar-refractivity contribution in [1.29, 1.82) is 0 Å². The normalized spacial score (nSPS) is 17.4. The van der Waals surface area contributed by atoms with Crippen molar-refractivity contribution in [2.75, 3.05) is 18.4 Å². The van der Waals surface area contributed by atoms with Crippen molar-refractivity contribution in [3.8, 4) is 11.4 Å². The van der Waals surface area contributed by atoms with Gasteiger partial charge in [-0.05, 0) is 31.0 Å². The van der Waals surface area contributed by atoms with E-state index in [2.05, 4.69) is 15.5 Å². The highest BCUT2D eigenvalue weighted by Gasteiger charge is 2.34. The van der Waals surface area contributed by atoms with Gasteiger partial charge in [-0.1, -0.05) is 12.1 Å². The molecule has 1 atom stereocenters. The Morgan fingerprint density at radius 2 is 2.16 bits per heavy atom. The van der Waals surface area contributed by atoms with E-state index in [4.69, 9.17) is 4.52 Å². The molecular weight excluding hydrogens is 462 g/mol. The predicted molar refractivity (Wildman–Crippen MR) is 113 cm³/mol.